The number of fused-ring (bicyclic) bond motifs is 3. The van der Waals surface area contributed by atoms with Crippen LogP contribution in [0.15, 0.2) is 79.0 Å². The molecule has 5 N–H and O–H groups in total. The molecule has 0 aliphatic carbocycles. The minimum absolute atomic E-state index is 0.0107. The van der Waals surface area contributed by atoms with Gasteiger partial charge in [-0.05, 0) is 61.4 Å². The van der Waals surface area contributed by atoms with Crippen molar-refractivity contribution in [2.45, 2.75) is 38.5 Å². The highest BCUT2D eigenvalue weighted by Gasteiger charge is 2.46. The summed E-state index contributed by atoms with van der Waals surface area (Å²) in [6, 6.07) is 19.5. The smallest absolute Gasteiger partial charge is 0.408 e. The van der Waals surface area contributed by atoms with Gasteiger partial charge in [0.2, 0.25) is 0 Å². The van der Waals surface area contributed by atoms with E-state index in [9.17, 15) is 18.3 Å². The maximum atomic E-state index is 14.2. The molecule has 0 unspecified atom stereocenters. The topological polar surface area (TPSA) is 199 Å². The van der Waals surface area contributed by atoms with E-state index in [4.69, 9.17) is 40.0 Å². The fraction of sp³-hybridized carbons (Fsp3) is 0.316. The molecule has 0 amide bonds. The molecule has 6 aromatic rings. The van der Waals surface area contributed by atoms with Crippen molar-refractivity contribution in [3.63, 3.8) is 0 Å². The van der Waals surface area contributed by atoms with Gasteiger partial charge >= 0.3 is 6.18 Å². The maximum absolute atomic E-state index is 14.2. The second-order valence-corrected chi connectivity index (χ2v) is 13.4. The van der Waals surface area contributed by atoms with Gasteiger partial charge in [-0.2, -0.15) is 13.2 Å². The summed E-state index contributed by atoms with van der Waals surface area (Å²) in [7, 11) is 0. The van der Waals surface area contributed by atoms with Gasteiger partial charge in [-0.15, -0.1) is 10.2 Å². The predicted molar refractivity (Wildman–Crippen MR) is 197 cm³/mol. The standard InChI is InChI=1S/C26H27F3N6O2.C10H9NO.2CH2O2/c1-25(13-36-14-25)15-37-19-5-2-16-3-6-20(31-21(16)10-19)24-33-32-22-7-4-17(11-35(22)24)23(26(27,28)29)34-9-8-18(30)12-34;1-7-2-3-8-4-5-9(12)6-10(8)11-7;2*2-1-3/h2-7,10-11,18,23H,8-9,12-15,30H2,1H3;2-6,12H,1H3;2*1H,(H,2,3)/t18-,23+;;;/m0.../s1. The third-order valence-electron chi connectivity index (χ3n) is 8.87. The predicted octanol–water partition coefficient (Wildman–Crippen LogP) is 5.65. The lowest BCUT2D eigenvalue weighted by Crippen LogP contribution is -2.44. The van der Waals surface area contributed by atoms with Crippen LogP contribution in [0.5, 0.6) is 11.5 Å². The summed E-state index contributed by atoms with van der Waals surface area (Å²) in [5, 5.41) is 33.3. The molecule has 55 heavy (non-hydrogen) atoms. The SMILES string of the molecule is CC1(COc2ccc3ccc(-c4nnc5ccc([C@@H](N6CC[C@H](N)C6)C(F)(F)F)cn45)nc3c2)COC1.Cc1ccc2ccc(O)cc2n1.O=CO.O=CO. The Morgan fingerprint density at radius 1 is 0.964 bits per heavy atom. The number of aromatic nitrogens is 5. The number of ether oxygens (including phenoxy) is 2. The number of aryl methyl sites for hydroxylation is 1. The molecule has 2 aliphatic rings. The normalized spacial score (nSPS) is 16.7. The van der Waals surface area contributed by atoms with Gasteiger partial charge < -0.3 is 30.5 Å². The number of benzene rings is 2. The van der Waals surface area contributed by atoms with Crippen molar-refractivity contribution in [2.75, 3.05) is 32.9 Å². The van der Waals surface area contributed by atoms with Crippen molar-refractivity contribution in [1.82, 2.24) is 29.5 Å². The average molecular weight is 764 g/mol. The van der Waals surface area contributed by atoms with Gasteiger partial charge in [0.15, 0.2) is 11.5 Å². The van der Waals surface area contributed by atoms with Crippen LogP contribution in [-0.2, 0) is 14.3 Å². The quantitative estimate of drug-likeness (QED) is 0.152. The summed E-state index contributed by atoms with van der Waals surface area (Å²) < 4.78 is 55.3. The molecule has 8 rings (SSSR count). The number of phenols is 1. The first-order chi connectivity index (χ1) is 26.3. The molecule has 17 heteroatoms. The first-order valence-electron chi connectivity index (χ1n) is 17.0. The largest absolute Gasteiger partial charge is 0.508 e. The zero-order chi connectivity index (χ0) is 39.8. The summed E-state index contributed by atoms with van der Waals surface area (Å²) >= 11 is 0. The lowest BCUT2D eigenvalue weighted by Gasteiger charge is -2.37. The Bertz CT molecular complexity index is 2210. The number of carboxylic acid groups (broad SMARTS) is 2. The molecule has 2 saturated heterocycles. The summed E-state index contributed by atoms with van der Waals surface area (Å²) in [6.45, 7) is 5.91. The molecule has 4 aromatic heterocycles. The number of hydrogen-bond acceptors (Lipinski definition) is 11. The van der Waals surface area contributed by atoms with Gasteiger partial charge in [0.1, 0.15) is 23.2 Å². The lowest BCUT2D eigenvalue weighted by molar-refractivity contribution is -0.183. The molecule has 2 atom stereocenters. The van der Waals surface area contributed by atoms with E-state index in [-0.39, 0.29) is 42.3 Å². The minimum Gasteiger partial charge on any atom is -0.508 e. The molecule has 0 spiro atoms. The number of phenolic OH excluding ortho intramolecular Hbond substituents is 1. The Hall–Kier alpha value is -5.91. The van der Waals surface area contributed by atoms with Crippen molar-refractivity contribution < 1.29 is 47.6 Å². The Kier molecular flexibility index (Phi) is 12.8. The molecular formula is C38H40F3N7O7. The zero-order valence-corrected chi connectivity index (χ0v) is 29.9. The zero-order valence-electron chi connectivity index (χ0n) is 29.9. The second-order valence-electron chi connectivity index (χ2n) is 13.4. The van der Waals surface area contributed by atoms with E-state index >= 15 is 0 Å². The van der Waals surface area contributed by atoms with E-state index in [0.29, 0.717) is 61.2 Å². The number of halogens is 3. The molecule has 290 valence electrons. The highest BCUT2D eigenvalue weighted by Crippen LogP contribution is 2.39. The maximum Gasteiger partial charge on any atom is 0.408 e. The highest BCUT2D eigenvalue weighted by molar-refractivity contribution is 5.82. The van der Waals surface area contributed by atoms with Gasteiger partial charge in [-0.25, -0.2) is 4.98 Å². The van der Waals surface area contributed by atoms with E-state index < -0.39 is 12.2 Å². The molecule has 2 aromatic carbocycles. The van der Waals surface area contributed by atoms with Crippen molar-refractivity contribution in [2.24, 2.45) is 11.1 Å². The minimum atomic E-state index is -4.45. The number of pyridine rings is 3. The van der Waals surface area contributed by atoms with Crippen molar-refractivity contribution >= 4 is 40.4 Å². The Balaban J connectivity index is 0.000000267. The van der Waals surface area contributed by atoms with Crippen LogP contribution in [0.25, 0.3) is 39.0 Å². The summed E-state index contributed by atoms with van der Waals surface area (Å²) in [6.07, 6.45) is -2.46. The van der Waals surface area contributed by atoms with Crippen molar-refractivity contribution in [3.05, 3.63) is 90.3 Å². The monoisotopic (exact) mass is 763 g/mol. The summed E-state index contributed by atoms with van der Waals surface area (Å²) in [4.78, 5) is 27.1. The molecule has 2 aliphatic heterocycles. The molecule has 14 nitrogen and oxygen atoms in total. The number of alkyl halides is 3. The Labute approximate surface area is 313 Å². The lowest BCUT2D eigenvalue weighted by atomic mass is 9.90. The van der Waals surface area contributed by atoms with Crippen LogP contribution in [0.4, 0.5) is 13.2 Å². The van der Waals surface area contributed by atoms with Crippen molar-refractivity contribution in [1.29, 1.82) is 0 Å². The van der Waals surface area contributed by atoms with Crippen LogP contribution >= 0.6 is 0 Å². The molecule has 0 bridgehead atoms. The Morgan fingerprint density at radius 3 is 2.25 bits per heavy atom. The first-order valence-corrected chi connectivity index (χ1v) is 17.0. The molecule has 0 radical (unpaired) electrons. The first kappa shape index (κ1) is 40.3. The number of likely N-dealkylation sites (tertiary alicyclic amines) is 1. The Morgan fingerprint density at radius 2 is 1.62 bits per heavy atom. The number of nitrogens with zero attached hydrogens (tertiary/aromatic N) is 6. The van der Waals surface area contributed by atoms with Gasteiger partial charge in [-0.1, -0.05) is 25.1 Å². The van der Waals surface area contributed by atoms with Gasteiger partial charge in [0.25, 0.3) is 12.9 Å². The van der Waals surface area contributed by atoms with Crippen LogP contribution in [0, 0.1) is 12.3 Å². The van der Waals surface area contributed by atoms with Gasteiger partial charge in [0, 0.05) is 59.3 Å². The third-order valence-corrected chi connectivity index (χ3v) is 8.87. The number of hydrogen-bond donors (Lipinski definition) is 4. The highest BCUT2D eigenvalue weighted by atomic mass is 19.4. The molecular weight excluding hydrogens is 723 g/mol. The molecule has 2 fully saturated rings. The fourth-order valence-electron chi connectivity index (χ4n) is 6.21. The number of rotatable bonds is 6. The average Bonchev–Trinajstić information content (AvgIpc) is 3.75. The van der Waals surface area contributed by atoms with E-state index in [1.165, 1.54) is 17.2 Å². The van der Waals surface area contributed by atoms with E-state index in [0.717, 1.165) is 22.0 Å². The fourth-order valence-corrected chi connectivity index (χ4v) is 6.21. The van der Waals surface area contributed by atoms with Crippen LogP contribution in [0.1, 0.15) is 30.6 Å². The van der Waals surface area contributed by atoms with Gasteiger partial charge in [-0.3, -0.25) is 23.9 Å². The second kappa shape index (κ2) is 17.5. The third kappa shape index (κ3) is 10.00. The van der Waals surface area contributed by atoms with Crippen LogP contribution in [0.2, 0.25) is 0 Å². The number of nitrogens with two attached hydrogens (primary N) is 1. The number of aromatic hydroxyl groups is 1. The van der Waals surface area contributed by atoms with Crippen LogP contribution in [0.3, 0.4) is 0 Å². The van der Waals surface area contributed by atoms with E-state index in [2.05, 4.69) is 22.1 Å². The summed E-state index contributed by atoms with van der Waals surface area (Å²) in [5.41, 5.74) is 9.47. The summed E-state index contributed by atoms with van der Waals surface area (Å²) in [5.74, 6) is 1.32. The molecule has 0 saturated carbocycles. The number of carbonyl (C=O) groups is 2. The van der Waals surface area contributed by atoms with Crippen LogP contribution in [-0.4, -0.2) is 103 Å². The molecule has 6 heterocycles. The van der Waals surface area contributed by atoms with E-state index in [1.54, 1.807) is 28.7 Å². The van der Waals surface area contributed by atoms with Crippen molar-refractivity contribution in [3.8, 4) is 23.0 Å². The van der Waals surface area contributed by atoms with Crippen LogP contribution < -0.4 is 10.5 Å². The van der Waals surface area contributed by atoms with Gasteiger partial charge in [0.05, 0.1) is 30.9 Å². The van der Waals surface area contributed by atoms with E-state index in [1.807, 2.05) is 49.4 Å².